The molecule has 1 saturated heterocycles. The van der Waals surface area contributed by atoms with Crippen LogP contribution in [0.3, 0.4) is 0 Å². The van der Waals surface area contributed by atoms with Crippen molar-refractivity contribution in [1.82, 2.24) is 10.6 Å². The van der Waals surface area contributed by atoms with E-state index in [1.165, 1.54) is 6.42 Å². The highest BCUT2D eigenvalue weighted by molar-refractivity contribution is 4.94. The van der Waals surface area contributed by atoms with E-state index >= 15 is 0 Å². The topological polar surface area (TPSA) is 44.3 Å². The monoisotopic (exact) mass is 228 g/mol. The zero-order chi connectivity index (χ0) is 12.4. The highest BCUT2D eigenvalue weighted by Gasteiger charge is 2.35. The molecule has 0 aromatic carbocycles. The fraction of sp³-hybridized carbons (Fsp3) is 1.00. The summed E-state index contributed by atoms with van der Waals surface area (Å²) in [4.78, 5) is 0. The zero-order valence-electron chi connectivity index (χ0n) is 11.4. The average molecular weight is 228 g/mol. The Hall–Kier alpha value is -0.120. The first-order valence-corrected chi connectivity index (χ1v) is 6.41. The van der Waals surface area contributed by atoms with Crippen molar-refractivity contribution in [3.05, 3.63) is 0 Å². The van der Waals surface area contributed by atoms with Gasteiger partial charge in [0.05, 0.1) is 5.60 Å². The van der Waals surface area contributed by atoms with Crippen LogP contribution in [0.5, 0.6) is 0 Å². The number of nitrogens with one attached hydrogen (secondary N) is 2. The van der Waals surface area contributed by atoms with E-state index < -0.39 is 5.60 Å². The van der Waals surface area contributed by atoms with Crippen LogP contribution in [0.1, 0.15) is 47.5 Å². The summed E-state index contributed by atoms with van der Waals surface area (Å²) in [6.45, 7) is 12.2. The van der Waals surface area contributed by atoms with E-state index in [2.05, 4.69) is 38.3 Å². The van der Waals surface area contributed by atoms with Gasteiger partial charge in [-0.25, -0.2) is 0 Å². The van der Waals surface area contributed by atoms with Crippen molar-refractivity contribution in [1.29, 1.82) is 0 Å². The Bertz CT molecular complexity index is 220. The van der Waals surface area contributed by atoms with Crippen LogP contribution in [0.2, 0.25) is 0 Å². The summed E-state index contributed by atoms with van der Waals surface area (Å²) in [5.41, 5.74) is -0.605. The van der Waals surface area contributed by atoms with Gasteiger partial charge in [-0.3, -0.25) is 0 Å². The van der Waals surface area contributed by atoms with E-state index in [1.54, 1.807) is 0 Å². The zero-order valence-corrected chi connectivity index (χ0v) is 11.4. The quantitative estimate of drug-likeness (QED) is 0.686. The van der Waals surface area contributed by atoms with Crippen LogP contribution in [0.15, 0.2) is 0 Å². The number of piperidine rings is 1. The van der Waals surface area contributed by atoms with Crippen LogP contribution >= 0.6 is 0 Å². The van der Waals surface area contributed by atoms with E-state index in [-0.39, 0.29) is 11.6 Å². The molecule has 0 saturated carbocycles. The minimum absolute atomic E-state index is 0.0598. The van der Waals surface area contributed by atoms with Gasteiger partial charge in [-0.1, -0.05) is 6.92 Å². The molecule has 0 aromatic heterocycles. The molecule has 1 fully saturated rings. The van der Waals surface area contributed by atoms with Gasteiger partial charge in [-0.05, 0) is 53.0 Å². The molecule has 0 radical (unpaired) electrons. The summed E-state index contributed by atoms with van der Waals surface area (Å²) >= 11 is 0. The van der Waals surface area contributed by atoms with E-state index in [1.807, 2.05) is 6.92 Å². The Balaban J connectivity index is 2.48. The summed E-state index contributed by atoms with van der Waals surface area (Å²) in [5.74, 6) is 0.715. The predicted octanol–water partition coefficient (Wildman–Crippen LogP) is 1.51. The number of β-amino-alcohol motifs (C(OH)–C–C–N with tert-alkyl or cyclic N) is 1. The number of aliphatic hydroxyl groups is 1. The van der Waals surface area contributed by atoms with E-state index in [9.17, 15) is 5.11 Å². The average Bonchev–Trinajstić information content (AvgIpc) is 2.14. The molecule has 0 bridgehead atoms. The molecular weight excluding hydrogens is 200 g/mol. The lowest BCUT2D eigenvalue weighted by molar-refractivity contribution is -0.000657. The second-order valence-electron chi connectivity index (χ2n) is 6.60. The first-order chi connectivity index (χ1) is 7.21. The second kappa shape index (κ2) is 5.03. The van der Waals surface area contributed by atoms with Gasteiger partial charge in [-0.15, -0.1) is 0 Å². The van der Waals surface area contributed by atoms with Crippen molar-refractivity contribution in [2.75, 3.05) is 13.1 Å². The molecule has 3 unspecified atom stereocenters. The molecular formula is C13H28N2O. The van der Waals surface area contributed by atoms with Crippen LogP contribution in [0, 0.1) is 5.92 Å². The molecule has 3 atom stereocenters. The van der Waals surface area contributed by atoms with Crippen LogP contribution < -0.4 is 10.6 Å². The highest BCUT2D eigenvalue weighted by atomic mass is 16.3. The number of hydrogen-bond acceptors (Lipinski definition) is 3. The Morgan fingerprint density at radius 3 is 2.44 bits per heavy atom. The van der Waals surface area contributed by atoms with Crippen molar-refractivity contribution < 1.29 is 5.11 Å². The molecule has 3 nitrogen and oxygen atoms in total. The first kappa shape index (κ1) is 13.9. The Kier molecular flexibility index (Phi) is 4.38. The number of hydrogen-bond donors (Lipinski definition) is 3. The van der Waals surface area contributed by atoms with Crippen molar-refractivity contribution >= 4 is 0 Å². The van der Waals surface area contributed by atoms with E-state index in [4.69, 9.17) is 0 Å². The second-order valence-corrected chi connectivity index (χ2v) is 6.60. The normalized spacial score (nSPS) is 31.1. The molecule has 0 amide bonds. The Morgan fingerprint density at radius 1 is 1.31 bits per heavy atom. The smallest absolute Gasteiger partial charge is 0.0895 e. The van der Waals surface area contributed by atoms with Gasteiger partial charge >= 0.3 is 0 Å². The van der Waals surface area contributed by atoms with Gasteiger partial charge in [0.1, 0.15) is 0 Å². The van der Waals surface area contributed by atoms with Crippen molar-refractivity contribution in [2.45, 2.75) is 64.6 Å². The molecule has 1 aliphatic rings. The third-order valence-corrected chi connectivity index (χ3v) is 3.39. The highest BCUT2D eigenvalue weighted by Crippen LogP contribution is 2.23. The summed E-state index contributed by atoms with van der Waals surface area (Å²) in [6, 6.07) is 0.214. The third-order valence-electron chi connectivity index (χ3n) is 3.39. The van der Waals surface area contributed by atoms with Gasteiger partial charge in [-0.2, -0.15) is 0 Å². The molecule has 96 valence electrons. The van der Waals surface area contributed by atoms with Gasteiger partial charge in [0, 0.05) is 18.1 Å². The molecule has 0 aromatic rings. The molecule has 16 heavy (non-hydrogen) atoms. The molecule has 0 aliphatic carbocycles. The van der Waals surface area contributed by atoms with Crippen LogP contribution in [0.25, 0.3) is 0 Å². The largest absolute Gasteiger partial charge is 0.387 e. The van der Waals surface area contributed by atoms with E-state index in [0.717, 1.165) is 13.0 Å². The molecule has 0 spiro atoms. The number of rotatable bonds is 3. The lowest BCUT2D eigenvalue weighted by Crippen LogP contribution is -2.58. The molecule has 3 heteroatoms. The van der Waals surface area contributed by atoms with Crippen LogP contribution in [-0.4, -0.2) is 35.4 Å². The molecule has 1 heterocycles. The summed E-state index contributed by atoms with van der Waals surface area (Å²) in [6.07, 6.45) is 2.29. The summed E-state index contributed by atoms with van der Waals surface area (Å²) in [7, 11) is 0. The Morgan fingerprint density at radius 2 is 1.94 bits per heavy atom. The fourth-order valence-corrected chi connectivity index (χ4v) is 2.15. The fourth-order valence-electron chi connectivity index (χ4n) is 2.15. The van der Waals surface area contributed by atoms with Gasteiger partial charge in [0.25, 0.3) is 0 Å². The molecule has 1 rings (SSSR count). The maximum absolute atomic E-state index is 10.5. The van der Waals surface area contributed by atoms with Crippen LogP contribution in [-0.2, 0) is 0 Å². The van der Waals surface area contributed by atoms with E-state index in [0.29, 0.717) is 12.5 Å². The first-order valence-electron chi connectivity index (χ1n) is 6.41. The van der Waals surface area contributed by atoms with Crippen LogP contribution in [0.4, 0.5) is 0 Å². The minimum Gasteiger partial charge on any atom is -0.387 e. The Labute approximate surface area is 100 Å². The maximum atomic E-state index is 10.5. The summed E-state index contributed by atoms with van der Waals surface area (Å²) < 4.78 is 0. The lowest BCUT2D eigenvalue weighted by atomic mass is 9.84. The van der Waals surface area contributed by atoms with Gasteiger partial charge < -0.3 is 15.7 Å². The molecule has 1 aliphatic heterocycles. The minimum atomic E-state index is -0.665. The lowest BCUT2D eigenvalue weighted by Gasteiger charge is -2.40. The third kappa shape index (κ3) is 4.40. The molecule has 3 N–H and O–H groups in total. The van der Waals surface area contributed by atoms with Crippen molar-refractivity contribution in [3.63, 3.8) is 0 Å². The van der Waals surface area contributed by atoms with Crippen molar-refractivity contribution in [3.8, 4) is 0 Å². The van der Waals surface area contributed by atoms with Crippen molar-refractivity contribution in [2.24, 2.45) is 5.92 Å². The standard InChI is InChI=1S/C13H28N2O/c1-10-6-7-14-11(8-10)13(5,16)9-15-12(2,3)4/h10-11,14-16H,6-9H2,1-5H3. The predicted molar refractivity (Wildman–Crippen MR) is 68.6 cm³/mol. The van der Waals surface area contributed by atoms with Gasteiger partial charge in [0.2, 0.25) is 0 Å². The van der Waals surface area contributed by atoms with Gasteiger partial charge in [0.15, 0.2) is 0 Å². The maximum Gasteiger partial charge on any atom is 0.0895 e. The SMILES string of the molecule is CC1CCNC(C(C)(O)CNC(C)(C)C)C1. The summed E-state index contributed by atoms with van der Waals surface area (Å²) in [5, 5.41) is 17.3.